The molecule has 2 aromatic carbocycles. The van der Waals surface area contributed by atoms with Crippen LogP contribution in [0.1, 0.15) is 21.5 Å². The molecule has 29 heavy (non-hydrogen) atoms. The molecule has 2 aliphatic heterocycles. The maximum Gasteiger partial charge on any atom is 0.254 e. The lowest BCUT2D eigenvalue weighted by atomic mass is 10.1. The minimum Gasteiger partial charge on any atom is -0.336 e. The highest BCUT2D eigenvalue weighted by molar-refractivity contribution is 8.38. The minimum absolute atomic E-state index is 0.143. The Balaban J connectivity index is 1.34. The van der Waals surface area contributed by atoms with Crippen LogP contribution in [0.15, 0.2) is 53.5 Å². The Morgan fingerprint density at radius 2 is 1.93 bits per heavy atom. The molecule has 2 aliphatic rings. The molecule has 0 saturated carbocycles. The van der Waals surface area contributed by atoms with Crippen molar-refractivity contribution in [3.63, 3.8) is 0 Å². The number of halogens is 1. The van der Waals surface area contributed by atoms with Crippen molar-refractivity contribution in [2.45, 2.75) is 12.3 Å². The lowest BCUT2D eigenvalue weighted by Gasteiger charge is -2.35. The van der Waals surface area contributed by atoms with Crippen LogP contribution in [0.2, 0.25) is 5.02 Å². The monoisotopic (exact) mass is 445 g/mol. The van der Waals surface area contributed by atoms with Gasteiger partial charge in [-0.05, 0) is 29.3 Å². The van der Waals surface area contributed by atoms with Crippen LogP contribution in [0.5, 0.6) is 0 Å². The number of nitrogens with zero attached hydrogens (tertiary/aromatic N) is 3. The third-order valence-electron chi connectivity index (χ3n) is 5.11. The summed E-state index contributed by atoms with van der Waals surface area (Å²) in [5.41, 5.74) is 3.14. The summed E-state index contributed by atoms with van der Waals surface area (Å²) in [5.74, 6) is 2.01. The molecule has 2 aromatic rings. The third-order valence-corrected chi connectivity index (χ3v) is 7.65. The molecule has 0 bridgehead atoms. The summed E-state index contributed by atoms with van der Waals surface area (Å²) >= 11 is 9.65. The summed E-state index contributed by atoms with van der Waals surface area (Å²) in [7, 11) is 0. The Labute approximate surface area is 185 Å². The van der Waals surface area contributed by atoms with Crippen LogP contribution < -0.4 is 0 Å². The summed E-state index contributed by atoms with van der Waals surface area (Å²) in [4.78, 5) is 22.0. The largest absolute Gasteiger partial charge is 0.336 e. The van der Waals surface area contributed by atoms with E-state index in [9.17, 15) is 4.79 Å². The number of benzene rings is 2. The van der Waals surface area contributed by atoms with E-state index in [1.807, 2.05) is 53.1 Å². The molecule has 0 aromatic heterocycles. The Kier molecular flexibility index (Phi) is 7.19. The van der Waals surface area contributed by atoms with Crippen LogP contribution in [0.25, 0.3) is 0 Å². The van der Waals surface area contributed by atoms with Crippen LogP contribution in [-0.2, 0) is 12.3 Å². The molecule has 4 nitrogen and oxygen atoms in total. The van der Waals surface area contributed by atoms with Gasteiger partial charge in [0.25, 0.3) is 5.91 Å². The second-order valence-electron chi connectivity index (χ2n) is 7.14. The van der Waals surface area contributed by atoms with Gasteiger partial charge in [0, 0.05) is 54.8 Å². The first-order chi connectivity index (χ1) is 14.2. The topological polar surface area (TPSA) is 35.9 Å². The first kappa shape index (κ1) is 20.8. The maximum atomic E-state index is 13.2. The quantitative estimate of drug-likeness (QED) is 0.672. The Morgan fingerprint density at radius 1 is 1.10 bits per heavy atom. The van der Waals surface area contributed by atoms with Crippen LogP contribution in [0.3, 0.4) is 0 Å². The van der Waals surface area contributed by atoms with E-state index in [4.69, 9.17) is 11.6 Å². The van der Waals surface area contributed by atoms with Gasteiger partial charge in [-0.3, -0.25) is 14.7 Å². The summed E-state index contributed by atoms with van der Waals surface area (Å²) < 4.78 is 1.14. The SMILES string of the molecule is O=C(c1ccccc1CSC1=NCCS1)N1CCN(Cc2cccc(Cl)c2)CC1. The summed E-state index contributed by atoms with van der Waals surface area (Å²) in [5, 5.41) is 0.771. The Morgan fingerprint density at radius 3 is 2.69 bits per heavy atom. The van der Waals surface area contributed by atoms with E-state index in [1.54, 1.807) is 11.8 Å². The van der Waals surface area contributed by atoms with Crippen molar-refractivity contribution in [3.8, 4) is 0 Å². The molecule has 4 rings (SSSR count). The van der Waals surface area contributed by atoms with Gasteiger partial charge in [-0.1, -0.05) is 65.5 Å². The number of hydrogen-bond donors (Lipinski definition) is 0. The zero-order chi connectivity index (χ0) is 20.1. The fourth-order valence-electron chi connectivity index (χ4n) is 3.57. The van der Waals surface area contributed by atoms with Crippen molar-refractivity contribution >= 4 is 45.4 Å². The van der Waals surface area contributed by atoms with Crippen molar-refractivity contribution in [2.75, 3.05) is 38.5 Å². The molecular weight excluding hydrogens is 422 g/mol. The van der Waals surface area contributed by atoms with Gasteiger partial charge in [-0.25, -0.2) is 0 Å². The summed E-state index contributed by atoms with van der Waals surface area (Å²) in [6.07, 6.45) is 0. The number of carbonyl (C=O) groups excluding carboxylic acids is 1. The van der Waals surface area contributed by atoms with E-state index in [2.05, 4.69) is 22.0 Å². The van der Waals surface area contributed by atoms with Crippen molar-refractivity contribution in [1.29, 1.82) is 0 Å². The second-order valence-corrected chi connectivity index (χ2v) is 9.88. The number of piperazine rings is 1. The molecule has 7 heteroatoms. The van der Waals surface area contributed by atoms with Gasteiger partial charge < -0.3 is 4.90 Å². The number of rotatable bonds is 5. The molecule has 0 spiro atoms. The first-order valence-electron chi connectivity index (χ1n) is 9.83. The van der Waals surface area contributed by atoms with E-state index in [-0.39, 0.29) is 5.91 Å². The van der Waals surface area contributed by atoms with Crippen molar-refractivity contribution in [3.05, 3.63) is 70.2 Å². The van der Waals surface area contributed by atoms with Crippen LogP contribution in [-0.4, -0.2) is 58.6 Å². The van der Waals surface area contributed by atoms with E-state index in [1.165, 1.54) is 5.56 Å². The minimum atomic E-state index is 0.143. The van der Waals surface area contributed by atoms with Crippen molar-refractivity contribution < 1.29 is 4.79 Å². The summed E-state index contributed by atoms with van der Waals surface area (Å²) in [6, 6.07) is 16.0. The Hall–Kier alpha value is -1.47. The molecule has 0 atom stereocenters. The number of carbonyl (C=O) groups is 1. The van der Waals surface area contributed by atoms with E-state index < -0.39 is 0 Å². The molecule has 1 saturated heterocycles. The van der Waals surface area contributed by atoms with Gasteiger partial charge in [-0.2, -0.15) is 0 Å². The van der Waals surface area contributed by atoms with Crippen LogP contribution >= 0.6 is 35.1 Å². The van der Waals surface area contributed by atoms with E-state index in [0.29, 0.717) is 0 Å². The fourth-order valence-corrected chi connectivity index (χ4v) is 5.80. The molecule has 1 fully saturated rings. The molecule has 1 amide bonds. The number of aliphatic imine (C=N–C) groups is 1. The van der Waals surface area contributed by atoms with Crippen molar-refractivity contribution in [1.82, 2.24) is 9.80 Å². The normalized spacial score (nSPS) is 17.4. The molecule has 152 valence electrons. The second kappa shape index (κ2) is 10.0. The van der Waals surface area contributed by atoms with Gasteiger partial charge in [0.2, 0.25) is 0 Å². The predicted octanol–water partition coefficient (Wildman–Crippen LogP) is 4.63. The smallest absolute Gasteiger partial charge is 0.254 e. The van der Waals surface area contributed by atoms with Crippen LogP contribution in [0.4, 0.5) is 0 Å². The molecule has 0 N–H and O–H groups in total. The van der Waals surface area contributed by atoms with Gasteiger partial charge >= 0.3 is 0 Å². The Bertz CT molecular complexity index is 897. The highest BCUT2D eigenvalue weighted by atomic mass is 35.5. The molecule has 0 radical (unpaired) electrons. The summed E-state index contributed by atoms with van der Waals surface area (Å²) in [6.45, 7) is 5.04. The van der Waals surface area contributed by atoms with Gasteiger partial charge in [0.15, 0.2) is 0 Å². The maximum absolute atomic E-state index is 13.2. The standard InChI is InChI=1S/C22H24ClN3OS2/c23-19-6-3-4-17(14-19)15-25-9-11-26(12-10-25)21(27)20-7-2-1-5-18(20)16-29-22-24-8-13-28-22/h1-7,14H,8-13,15-16H2. The van der Waals surface area contributed by atoms with Gasteiger partial charge in [0.05, 0.1) is 6.54 Å². The molecule has 2 heterocycles. The van der Waals surface area contributed by atoms with Crippen LogP contribution in [0, 0.1) is 0 Å². The highest BCUT2D eigenvalue weighted by Crippen LogP contribution is 2.27. The van der Waals surface area contributed by atoms with Gasteiger partial charge in [-0.15, -0.1) is 0 Å². The predicted molar refractivity (Wildman–Crippen MR) is 125 cm³/mol. The van der Waals surface area contributed by atoms with E-state index >= 15 is 0 Å². The molecular formula is C22H24ClN3OS2. The zero-order valence-electron chi connectivity index (χ0n) is 16.2. The van der Waals surface area contributed by atoms with Crippen molar-refractivity contribution in [2.24, 2.45) is 4.99 Å². The number of hydrogen-bond acceptors (Lipinski definition) is 5. The van der Waals surface area contributed by atoms with Gasteiger partial charge in [0.1, 0.15) is 4.38 Å². The third kappa shape index (κ3) is 5.57. The molecule has 0 unspecified atom stereocenters. The number of thioether (sulfide) groups is 2. The lowest BCUT2D eigenvalue weighted by Crippen LogP contribution is -2.48. The fraction of sp³-hybridized carbons (Fsp3) is 0.364. The van der Waals surface area contributed by atoms with E-state index in [0.717, 1.165) is 71.3 Å². The number of amides is 1. The average Bonchev–Trinajstić information content (AvgIpc) is 3.26. The zero-order valence-corrected chi connectivity index (χ0v) is 18.6. The first-order valence-corrected chi connectivity index (χ1v) is 12.2. The lowest BCUT2D eigenvalue weighted by molar-refractivity contribution is 0.0627. The molecule has 0 aliphatic carbocycles. The average molecular weight is 446 g/mol. The highest BCUT2D eigenvalue weighted by Gasteiger charge is 2.24.